The number of Topliss-reactive ketones (excluding diaryl/α,β-unsaturated/α-hetero) is 1. The lowest BCUT2D eigenvalue weighted by molar-refractivity contribution is -0.126. The predicted octanol–water partition coefficient (Wildman–Crippen LogP) is 1.72. The number of aliphatic imine (C=N–C) groups is 1. The van der Waals surface area contributed by atoms with E-state index in [2.05, 4.69) is 20.3 Å². The van der Waals surface area contributed by atoms with Crippen LogP contribution in [0.3, 0.4) is 0 Å². The monoisotopic (exact) mass is 339 g/mol. The largest absolute Gasteiger partial charge is 0.365 e. The highest BCUT2D eigenvalue weighted by Crippen LogP contribution is 2.30. The summed E-state index contributed by atoms with van der Waals surface area (Å²) < 4.78 is 1.73. The molecule has 2 heterocycles. The number of carbonyl (C=O) groups excluding carboxylic acids is 2. The van der Waals surface area contributed by atoms with Crippen LogP contribution in [0.5, 0.6) is 0 Å². The lowest BCUT2D eigenvalue weighted by atomic mass is 9.92. The van der Waals surface area contributed by atoms with E-state index >= 15 is 0 Å². The van der Waals surface area contributed by atoms with Gasteiger partial charge in [0.2, 0.25) is 0 Å². The van der Waals surface area contributed by atoms with Crippen LogP contribution in [0.4, 0.5) is 11.5 Å². The van der Waals surface area contributed by atoms with Gasteiger partial charge in [0, 0.05) is 19.3 Å². The molecule has 0 spiro atoms. The molecule has 0 saturated carbocycles. The van der Waals surface area contributed by atoms with Gasteiger partial charge in [0.05, 0.1) is 11.4 Å². The second kappa shape index (κ2) is 6.98. The molecule has 0 saturated heterocycles. The molecule has 1 N–H and O–H groups in total. The number of hydrogen-bond donors (Lipinski definition) is 1. The van der Waals surface area contributed by atoms with Crippen LogP contribution in [0.15, 0.2) is 41.5 Å². The van der Waals surface area contributed by atoms with Crippen molar-refractivity contribution in [3.8, 4) is 0 Å². The first-order valence-corrected chi connectivity index (χ1v) is 8.18. The maximum Gasteiger partial charge on any atom is 0.191 e. The molecule has 0 aliphatic heterocycles. The first-order chi connectivity index (χ1) is 12.0. The number of nitrogens with one attached hydrogen (secondary N) is 1. The number of carbonyl (C=O) groups is 2. The summed E-state index contributed by atoms with van der Waals surface area (Å²) in [6, 6.07) is 5.68. The third-order valence-electron chi connectivity index (χ3n) is 4.08. The van der Waals surface area contributed by atoms with E-state index in [4.69, 9.17) is 0 Å². The number of allylic oxidation sites excluding steroid dienone is 2. The number of aromatic nitrogens is 2. The number of rotatable bonds is 5. The Labute approximate surface area is 146 Å². The molecule has 2 aromatic heterocycles. The van der Waals surface area contributed by atoms with E-state index in [0.29, 0.717) is 18.1 Å². The van der Waals surface area contributed by atoms with Gasteiger partial charge in [-0.2, -0.15) is 0 Å². The Morgan fingerprint density at radius 3 is 2.84 bits per heavy atom. The summed E-state index contributed by atoms with van der Waals surface area (Å²) in [5.41, 5.74) is 1.68. The highest BCUT2D eigenvalue weighted by Gasteiger charge is 2.27. The molecule has 0 aromatic carbocycles. The molecule has 2 aromatic rings. The number of pyridine rings is 1. The summed E-state index contributed by atoms with van der Waals surface area (Å²) in [5, 5.41) is 7.79. The van der Waals surface area contributed by atoms with Crippen LogP contribution >= 0.6 is 0 Å². The fourth-order valence-electron chi connectivity index (χ4n) is 2.56. The minimum atomic E-state index is -0.685. The van der Waals surface area contributed by atoms with Crippen LogP contribution in [-0.2, 0) is 9.59 Å². The third-order valence-corrected chi connectivity index (χ3v) is 4.08. The van der Waals surface area contributed by atoms with Gasteiger partial charge in [-0.1, -0.05) is 6.07 Å². The van der Waals surface area contributed by atoms with E-state index in [0.717, 1.165) is 12.1 Å². The first kappa shape index (κ1) is 17.0. The second-order valence-electron chi connectivity index (χ2n) is 6.28. The number of hydrogen-bond acceptors (Lipinski definition) is 6. The molecule has 0 fully saturated rings. The summed E-state index contributed by atoms with van der Waals surface area (Å²) >= 11 is 0. The lowest BCUT2D eigenvalue weighted by Crippen LogP contribution is -2.29. The second-order valence-corrected chi connectivity index (χ2v) is 6.28. The van der Waals surface area contributed by atoms with E-state index < -0.39 is 5.92 Å². The Morgan fingerprint density at radius 2 is 2.08 bits per heavy atom. The van der Waals surface area contributed by atoms with Gasteiger partial charge >= 0.3 is 0 Å². The summed E-state index contributed by atoms with van der Waals surface area (Å²) in [5.74, 6) is -0.516. The molecule has 0 amide bonds. The Hall–Kier alpha value is -2.80. The van der Waals surface area contributed by atoms with Crippen molar-refractivity contribution in [2.24, 2.45) is 10.9 Å². The van der Waals surface area contributed by atoms with Crippen LogP contribution < -0.4 is 5.32 Å². The summed E-state index contributed by atoms with van der Waals surface area (Å²) in [6.45, 7) is 3.15. The molecular formula is C18H21N5O2. The van der Waals surface area contributed by atoms with Crippen LogP contribution in [0.25, 0.3) is 5.52 Å². The van der Waals surface area contributed by atoms with E-state index in [-0.39, 0.29) is 17.3 Å². The number of ketones is 2. The molecule has 130 valence electrons. The first-order valence-electron chi connectivity index (χ1n) is 8.18. The van der Waals surface area contributed by atoms with Gasteiger partial charge in [-0.25, -0.2) is 9.51 Å². The van der Waals surface area contributed by atoms with Gasteiger partial charge in [0.1, 0.15) is 11.4 Å². The summed E-state index contributed by atoms with van der Waals surface area (Å²) in [4.78, 5) is 30.6. The maximum absolute atomic E-state index is 12.4. The highest BCUT2D eigenvalue weighted by atomic mass is 16.2. The third kappa shape index (κ3) is 3.51. The van der Waals surface area contributed by atoms with Crippen molar-refractivity contribution in [1.29, 1.82) is 0 Å². The zero-order chi connectivity index (χ0) is 18.0. The van der Waals surface area contributed by atoms with E-state index in [9.17, 15) is 9.59 Å². The van der Waals surface area contributed by atoms with Gasteiger partial charge in [-0.05, 0) is 45.3 Å². The number of nitrogens with zero attached hydrogens (tertiary/aromatic N) is 4. The number of likely N-dealkylation sites (N-methyl/N-ethyl adjacent to an activating group) is 1. The summed E-state index contributed by atoms with van der Waals surface area (Å²) in [7, 11) is 3.99. The fraction of sp³-hybridized carbons (Fsp3) is 0.333. The maximum atomic E-state index is 12.4. The zero-order valence-electron chi connectivity index (χ0n) is 14.6. The molecule has 1 aliphatic carbocycles. The topological polar surface area (TPSA) is 79.1 Å². The van der Waals surface area contributed by atoms with Crippen molar-refractivity contribution in [2.75, 3.05) is 32.5 Å². The van der Waals surface area contributed by atoms with Crippen molar-refractivity contribution in [3.63, 3.8) is 0 Å². The van der Waals surface area contributed by atoms with Crippen LogP contribution in [-0.4, -0.2) is 59.0 Å². The molecule has 1 aliphatic rings. The molecule has 7 nitrogen and oxygen atoms in total. The molecule has 7 heteroatoms. The van der Waals surface area contributed by atoms with Gasteiger partial charge in [-0.3, -0.25) is 9.59 Å². The predicted molar refractivity (Wildman–Crippen MR) is 97.6 cm³/mol. The Balaban J connectivity index is 2.02. The quantitative estimate of drug-likeness (QED) is 0.839. The van der Waals surface area contributed by atoms with Crippen molar-refractivity contribution < 1.29 is 9.59 Å². The minimum absolute atomic E-state index is 0.187. The zero-order valence-corrected chi connectivity index (χ0v) is 14.6. The molecule has 3 rings (SSSR count). The van der Waals surface area contributed by atoms with Gasteiger partial charge in [0.25, 0.3) is 0 Å². The minimum Gasteiger partial charge on any atom is -0.365 e. The van der Waals surface area contributed by atoms with Crippen LogP contribution in [0, 0.1) is 5.92 Å². The van der Waals surface area contributed by atoms with Crippen LogP contribution in [0.1, 0.15) is 6.92 Å². The Morgan fingerprint density at radius 1 is 1.28 bits per heavy atom. The van der Waals surface area contributed by atoms with Gasteiger partial charge in [-0.15, -0.1) is 5.10 Å². The average molecular weight is 339 g/mol. The van der Waals surface area contributed by atoms with E-state index in [1.807, 2.05) is 38.5 Å². The standard InChI is InChI=1S/C18H21N5O2/c1-12-15(24)8-7-13(17(12)25)20-16-14-6-4-5-10-23(14)21-18(16)19-9-11-22(2)3/h4-8,10,12H,9,11H2,1-3H3,(H,19,21). The smallest absolute Gasteiger partial charge is 0.191 e. The average Bonchev–Trinajstić information content (AvgIpc) is 2.93. The van der Waals surface area contributed by atoms with Crippen molar-refractivity contribution in [2.45, 2.75) is 6.92 Å². The van der Waals surface area contributed by atoms with Gasteiger partial charge < -0.3 is 10.2 Å². The lowest BCUT2D eigenvalue weighted by Gasteiger charge is -2.12. The Kier molecular flexibility index (Phi) is 4.76. The SMILES string of the molecule is CC1C(=O)C=CC(=Nc2c(NCCN(C)C)nn3ccccc23)C1=O. The molecule has 1 unspecified atom stereocenters. The molecule has 1 atom stereocenters. The molecular weight excluding hydrogens is 318 g/mol. The molecule has 25 heavy (non-hydrogen) atoms. The van der Waals surface area contributed by atoms with E-state index in [1.165, 1.54) is 12.2 Å². The van der Waals surface area contributed by atoms with Gasteiger partial charge in [0.15, 0.2) is 17.4 Å². The summed E-state index contributed by atoms with van der Waals surface area (Å²) in [6.07, 6.45) is 4.73. The van der Waals surface area contributed by atoms with Crippen molar-refractivity contribution in [3.05, 3.63) is 36.5 Å². The van der Waals surface area contributed by atoms with Crippen molar-refractivity contribution >= 4 is 34.3 Å². The van der Waals surface area contributed by atoms with Crippen LogP contribution in [0.2, 0.25) is 0 Å². The van der Waals surface area contributed by atoms with Crippen molar-refractivity contribution in [1.82, 2.24) is 14.5 Å². The number of fused-ring (bicyclic) bond motifs is 1. The Bertz CT molecular complexity index is 879. The molecule has 0 radical (unpaired) electrons. The fourth-order valence-corrected chi connectivity index (χ4v) is 2.56. The highest BCUT2D eigenvalue weighted by molar-refractivity contribution is 6.50. The number of anilines is 1. The molecule has 0 bridgehead atoms. The van der Waals surface area contributed by atoms with E-state index in [1.54, 1.807) is 11.4 Å². The normalized spacial score (nSPS) is 19.4.